The number of benzene rings is 1. The molecule has 1 atom stereocenters. The largest absolute Gasteiger partial charge is 0.479 e. The number of carbonyl (C=O) groups is 2. The molecule has 6 heteroatoms. The first kappa shape index (κ1) is 15.1. The lowest BCUT2D eigenvalue weighted by atomic mass is 10.1. The van der Waals surface area contributed by atoms with Crippen LogP contribution >= 0.6 is 11.3 Å². The zero-order valence-electron chi connectivity index (χ0n) is 11.5. The SMILES string of the molecule is Cc1ccc(CNC(=O)NC(C(=O)O)c2cccs2)cc1. The number of hydrogen-bond acceptors (Lipinski definition) is 3. The van der Waals surface area contributed by atoms with Crippen molar-refractivity contribution in [3.8, 4) is 0 Å². The number of carbonyl (C=O) groups excluding carboxylic acids is 1. The van der Waals surface area contributed by atoms with Gasteiger partial charge in [-0.3, -0.25) is 0 Å². The van der Waals surface area contributed by atoms with E-state index in [0.29, 0.717) is 11.4 Å². The zero-order valence-corrected chi connectivity index (χ0v) is 12.3. The molecule has 0 aliphatic carbocycles. The third kappa shape index (κ3) is 4.32. The molecular weight excluding hydrogens is 288 g/mol. The van der Waals surface area contributed by atoms with Gasteiger partial charge in [-0.15, -0.1) is 11.3 Å². The highest BCUT2D eigenvalue weighted by molar-refractivity contribution is 7.10. The summed E-state index contributed by atoms with van der Waals surface area (Å²) < 4.78 is 0. The van der Waals surface area contributed by atoms with E-state index in [2.05, 4.69) is 10.6 Å². The second-order valence-corrected chi connectivity index (χ2v) is 5.58. The van der Waals surface area contributed by atoms with Crippen molar-refractivity contribution in [3.05, 3.63) is 57.8 Å². The average molecular weight is 304 g/mol. The van der Waals surface area contributed by atoms with E-state index in [9.17, 15) is 14.7 Å². The smallest absolute Gasteiger partial charge is 0.331 e. The Bertz CT molecular complexity index is 608. The predicted octanol–water partition coefficient (Wildman–Crippen LogP) is 2.68. The highest BCUT2D eigenvalue weighted by atomic mass is 32.1. The van der Waals surface area contributed by atoms with Crippen LogP contribution in [0.3, 0.4) is 0 Å². The Hall–Kier alpha value is -2.34. The molecule has 2 amide bonds. The van der Waals surface area contributed by atoms with Crippen molar-refractivity contribution in [3.63, 3.8) is 0 Å². The van der Waals surface area contributed by atoms with Gasteiger partial charge in [0.05, 0.1) is 0 Å². The fraction of sp³-hybridized carbons (Fsp3) is 0.200. The third-order valence-corrected chi connectivity index (χ3v) is 3.86. The van der Waals surface area contributed by atoms with E-state index < -0.39 is 18.0 Å². The maximum atomic E-state index is 11.8. The standard InChI is InChI=1S/C15H16N2O3S/c1-10-4-6-11(7-5-10)9-16-15(20)17-13(14(18)19)12-3-2-8-21-12/h2-8,13H,9H2,1H3,(H,18,19)(H2,16,17,20). The van der Waals surface area contributed by atoms with E-state index in [-0.39, 0.29) is 0 Å². The van der Waals surface area contributed by atoms with Crippen LogP contribution < -0.4 is 10.6 Å². The van der Waals surface area contributed by atoms with Crippen molar-refractivity contribution in [2.45, 2.75) is 19.5 Å². The van der Waals surface area contributed by atoms with Crippen LogP contribution in [0, 0.1) is 6.92 Å². The topological polar surface area (TPSA) is 78.4 Å². The second-order valence-electron chi connectivity index (χ2n) is 4.60. The average Bonchev–Trinajstić information content (AvgIpc) is 2.97. The highest BCUT2D eigenvalue weighted by Gasteiger charge is 2.22. The van der Waals surface area contributed by atoms with Gasteiger partial charge >= 0.3 is 12.0 Å². The van der Waals surface area contributed by atoms with Crippen LogP contribution in [0.1, 0.15) is 22.0 Å². The lowest BCUT2D eigenvalue weighted by molar-refractivity contribution is -0.139. The summed E-state index contributed by atoms with van der Waals surface area (Å²) in [5, 5.41) is 16.1. The molecule has 0 radical (unpaired) electrons. The lowest BCUT2D eigenvalue weighted by Gasteiger charge is -2.14. The first-order valence-electron chi connectivity index (χ1n) is 6.42. The van der Waals surface area contributed by atoms with Gasteiger partial charge in [0.15, 0.2) is 6.04 Å². The Morgan fingerprint density at radius 2 is 1.95 bits per heavy atom. The summed E-state index contributed by atoms with van der Waals surface area (Å²) in [5.41, 5.74) is 2.10. The van der Waals surface area contributed by atoms with Crippen molar-refractivity contribution < 1.29 is 14.7 Å². The third-order valence-electron chi connectivity index (χ3n) is 2.92. The molecule has 0 saturated carbocycles. The minimum absolute atomic E-state index is 0.350. The minimum atomic E-state index is -1.08. The minimum Gasteiger partial charge on any atom is -0.479 e. The number of carboxylic acid groups (broad SMARTS) is 1. The molecule has 0 spiro atoms. The van der Waals surface area contributed by atoms with Gasteiger partial charge < -0.3 is 15.7 Å². The first-order chi connectivity index (χ1) is 10.1. The van der Waals surface area contributed by atoms with Gasteiger partial charge in [0.2, 0.25) is 0 Å². The molecule has 1 heterocycles. The molecule has 3 N–H and O–H groups in total. The molecule has 1 unspecified atom stereocenters. The van der Waals surface area contributed by atoms with Crippen LogP contribution in [0.5, 0.6) is 0 Å². The number of rotatable bonds is 5. The van der Waals surface area contributed by atoms with Gasteiger partial charge in [-0.2, -0.15) is 0 Å². The summed E-state index contributed by atoms with van der Waals surface area (Å²) in [5.74, 6) is -1.08. The number of urea groups is 1. The molecule has 2 aromatic rings. The zero-order chi connectivity index (χ0) is 15.2. The van der Waals surface area contributed by atoms with Gasteiger partial charge in [-0.05, 0) is 23.9 Å². The van der Waals surface area contributed by atoms with Gasteiger partial charge in [0, 0.05) is 11.4 Å². The molecule has 5 nitrogen and oxygen atoms in total. The quantitative estimate of drug-likeness (QED) is 0.794. The highest BCUT2D eigenvalue weighted by Crippen LogP contribution is 2.18. The number of thiophene rings is 1. The second kappa shape index (κ2) is 6.90. The lowest BCUT2D eigenvalue weighted by Crippen LogP contribution is -2.40. The van der Waals surface area contributed by atoms with Crippen LogP contribution in [-0.4, -0.2) is 17.1 Å². The van der Waals surface area contributed by atoms with Crippen molar-refractivity contribution in [2.24, 2.45) is 0 Å². The van der Waals surface area contributed by atoms with Crippen molar-refractivity contribution >= 4 is 23.3 Å². The van der Waals surface area contributed by atoms with Gasteiger partial charge in [0.1, 0.15) is 0 Å². The molecule has 0 aliphatic heterocycles. The van der Waals surface area contributed by atoms with Crippen LogP contribution in [0.25, 0.3) is 0 Å². The number of aryl methyl sites for hydroxylation is 1. The van der Waals surface area contributed by atoms with Crippen LogP contribution in [0.2, 0.25) is 0 Å². The van der Waals surface area contributed by atoms with E-state index in [0.717, 1.165) is 11.1 Å². The molecule has 0 aliphatic rings. The summed E-state index contributed by atoms with van der Waals surface area (Å²) in [6.45, 7) is 2.34. The van der Waals surface area contributed by atoms with Crippen LogP contribution in [0.15, 0.2) is 41.8 Å². The molecule has 2 rings (SSSR count). The number of amides is 2. The summed E-state index contributed by atoms with van der Waals surface area (Å²) in [6.07, 6.45) is 0. The molecule has 1 aromatic carbocycles. The van der Waals surface area contributed by atoms with E-state index in [4.69, 9.17) is 0 Å². The maximum absolute atomic E-state index is 11.8. The molecule has 0 fully saturated rings. The van der Waals surface area contributed by atoms with Gasteiger partial charge in [-0.25, -0.2) is 9.59 Å². The first-order valence-corrected chi connectivity index (χ1v) is 7.30. The van der Waals surface area contributed by atoms with E-state index in [1.165, 1.54) is 11.3 Å². The maximum Gasteiger partial charge on any atom is 0.331 e. The normalized spacial score (nSPS) is 11.7. The molecule has 0 saturated heterocycles. The summed E-state index contributed by atoms with van der Waals surface area (Å²) in [4.78, 5) is 23.6. The van der Waals surface area contributed by atoms with E-state index in [1.807, 2.05) is 31.2 Å². The summed E-state index contributed by atoms with van der Waals surface area (Å²) >= 11 is 1.29. The van der Waals surface area contributed by atoms with Crippen molar-refractivity contribution in [1.82, 2.24) is 10.6 Å². The summed E-state index contributed by atoms with van der Waals surface area (Å²) in [6, 6.07) is 9.67. The van der Waals surface area contributed by atoms with E-state index in [1.54, 1.807) is 17.5 Å². The molecule has 21 heavy (non-hydrogen) atoms. The molecule has 1 aromatic heterocycles. The Morgan fingerprint density at radius 3 is 2.52 bits per heavy atom. The Morgan fingerprint density at radius 1 is 1.24 bits per heavy atom. The number of carboxylic acids is 1. The Balaban J connectivity index is 1.91. The molecular formula is C15H16N2O3S. The van der Waals surface area contributed by atoms with Gasteiger partial charge in [-0.1, -0.05) is 35.9 Å². The predicted molar refractivity (Wildman–Crippen MR) is 81.2 cm³/mol. The summed E-state index contributed by atoms with van der Waals surface area (Å²) in [7, 11) is 0. The van der Waals surface area contributed by atoms with Crippen molar-refractivity contribution in [2.75, 3.05) is 0 Å². The van der Waals surface area contributed by atoms with Crippen LogP contribution in [0.4, 0.5) is 4.79 Å². The van der Waals surface area contributed by atoms with Crippen molar-refractivity contribution in [1.29, 1.82) is 0 Å². The number of hydrogen-bond donors (Lipinski definition) is 3. The van der Waals surface area contributed by atoms with E-state index >= 15 is 0 Å². The van der Waals surface area contributed by atoms with Gasteiger partial charge in [0.25, 0.3) is 0 Å². The molecule has 0 bridgehead atoms. The Labute approximate surface area is 126 Å². The fourth-order valence-corrected chi connectivity index (χ4v) is 2.55. The monoisotopic (exact) mass is 304 g/mol. The number of nitrogens with one attached hydrogen (secondary N) is 2. The number of aliphatic carboxylic acids is 1. The van der Waals surface area contributed by atoms with Crippen LogP contribution in [-0.2, 0) is 11.3 Å². The fourth-order valence-electron chi connectivity index (χ4n) is 1.78. The Kier molecular flexibility index (Phi) is 4.94. The molecule has 110 valence electrons.